The van der Waals surface area contributed by atoms with E-state index in [1.807, 2.05) is 25.7 Å². The van der Waals surface area contributed by atoms with Crippen molar-refractivity contribution in [1.82, 2.24) is 9.80 Å². The molecule has 1 saturated heterocycles. The second kappa shape index (κ2) is 10.6. The maximum atomic E-state index is 13.5. The van der Waals surface area contributed by atoms with E-state index < -0.39 is 17.2 Å². The van der Waals surface area contributed by atoms with Crippen LogP contribution in [0.4, 0.5) is 13.6 Å². The minimum absolute atomic E-state index is 0. The van der Waals surface area contributed by atoms with E-state index in [2.05, 4.69) is 4.99 Å². The third-order valence-corrected chi connectivity index (χ3v) is 3.77. The third-order valence-electron chi connectivity index (χ3n) is 3.77. The van der Waals surface area contributed by atoms with E-state index in [-0.39, 0.29) is 49.0 Å². The molecule has 158 valence electrons. The first-order valence-electron chi connectivity index (χ1n) is 8.76. The Balaban J connectivity index is 0.00000392. The molecule has 0 atom stereocenters. The van der Waals surface area contributed by atoms with Crippen molar-refractivity contribution in [2.75, 3.05) is 39.3 Å². The van der Waals surface area contributed by atoms with Crippen molar-refractivity contribution in [2.24, 2.45) is 10.7 Å². The summed E-state index contributed by atoms with van der Waals surface area (Å²) in [5.41, 5.74) is 5.43. The van der Waals surface area contributed by atoms with Crippen LogP contribution >= 0.6 is 24.0 Å². The summed E-state index contributed by atoms with van der Waals surface area (Å²) in [4.78, 5) is 19.7. The Morgan fingerprint density at radius 3 is 2.36 bits per heavy atom. The molecule has 1 aromatic rings. The van der Waals surface area contributed by atoms with Gasteiger partial charge in [-0.2, -0.15) is 0 Å². The Hall–Kier alpha value is -1.85. The van der Waals surface area contributed by atoms with E-state index in [0.29, 0.717) is 32.1 Å². The van der Waals surface area contributed by atoms with Gasteiger partial charge in [0.2, 0.25) is 0 Å². The van der Waals surface area contributed by atoms with Gasteiger partial charge in [0, 0.05) is 32.2 Å². The Morgan fingerprint density at radius 2 is 1.79 bits per heavy atom. The molecule has 2 N–H and O–H groups in total. The molecule has 0 aliphatic carbocycles. The first-order chi connectivity index (χ1) is 12.7. The summed E-state index contributed by atoms with van der Waals surface area (Å²) in [5, 5.41) is 0. The molecule has 0 spiro atoms. The van der Waals surface area contributed by atoms with Gasteiger partial charge >= 0.3 is 6.09 Å². The van der Waals surface area contributed by atoms with Gasteiger partial charge in [-0.3, -0.25) is 0 Å². The van der Waals surface area contributed by atoms with Crippen LogP contribution in [0.5, 0.6) is 5.75 Å². The van der Waals surface area contributed by atoms with Gasteiger partial charge in [0.05, 0.1) is 6.54 Å². The van der Waals surface area contributed by atoms with Crippen molar-refractivity contribution in [3.05, 3.63) is 29.8 Å². The van der Waals surface area contributed by atoms with Crippen LogP contribution in [-0.2, 0) is 4.74 Å². The fraction of sp³-hybridized carbons (Fsp3) is 0.556. The molecule has 1 fully saturated rings. The highest BCUT2D eigenvalue weighted by Crippen LogP contribution is 2.17. The molecule has 28 heavy (non-hydrogen) atoms. The number of piperazine rings is 1. The standard InChI is InChI=1S/C18H26F2N4O3.HI/c1-18(2,3)27-17(25)24-9-7-23(8-10-24)16(21)22-6-11-26-15-5-4-13(19)12-14(15)20;/h4-5,12H,6-11H2,1-3H3,(H2,21,22);1H. The van der Waals surface area contributed by atoms with Crippen LogP contribution in [-0.4, -0.2) is 66.8 Å². The summed E-state index contributed by atoms with van der Waals surface area (Å²) in [7, 11) is 0. The number of rotatable bonds is 4. The zero-order chi connectivity index (χ0) is 20.0. The number of hydrogen-bond donors (Lipinski definition) is 1. The number of nitrogens with zero attached hydrogens (tertiary/aromatic N) is 3. The van der Waals surface area contributed by atoms with Gasteiger partial charge in [0.25, 0.3) is 0 Å². The van der Waals surface area contributed by atoms with Gasteiger partial charge in [-0.25, -0.2) is 18.6 Å². The molecule has 0 bridgehead atoms. The predicted octanol–water partition coefficient (Wildman–Crippen LogP) is 2.83. The molecule has 0 saturated carbocycles. The highest BCUT2D eigenvalue weighted by atomic mass is 127. The summed E-state index contributed by atoms with van der Waals surface area (Å²) >= 11 is 0. The second-order valence-corrected chi connectivity index (χ2v) is 7.12. The van der Waals surface area contributed by atoms with E-state index >= 15 is 0 Å². The molecular formula is C18H27F2IN4O3. The van der Waals surface area contributed by atoms with Crippen molar-refractivity contribution in [1.29, 1.82) is 0 Å². The highest BCUT2D eigenvalue weighted by molar-refractivity contribution is 14.0. The van der Waals surface area contributed by atoms with Crippen molar-refractivity contribution in [3.63, 3.8) is 0 Å². The minimum atomic E-state index is -0.759. The first-order valence-corrected chi connectivity index (χ1v) is 8.76. The van der Waals surface area contributed by atoms with Crippen molar-refractivity contribution < 1.29 is 23.0 Å². The average Bonchev–Trinajstić information content (AvgIpc) is 2.58. The van der Waals surface area contributed by atoms with Gasteiger partial charge in [0.1, 0.15) is 18.0 Å². The lowest BCUT2D eigenvalue weighted by Gasteiger charge is -2.36. The number of carbonyl (C=O) groups is 1. The molecular weight excluding hydrogens is 485 g/mol. The van der Waals surface area contributed by atoms with E-state index in [1.165, 1.54) is 6.07 Å². The van der Waals surface area contributed by atoms with Crippen molar-refractivity contribution in [3.8, 4) is 5.75 Å². The molecule has 1 aromatic carbocycles. The lowest BCUT2D eigenvalue weighted by atomic mass is 10.2. The molecule has 1 heterocycles. The number of benzene rings is 1. The smallest absolute Gasteiger partial charge is 0.410 e. The van der Waals surface area contributed by atoms with Crippen molar-refractivity contribution in [2.45, 2.75) is 26.4 Å². The van der Waals surface area contributed by atoms with Crippen LogP contribution in [0.1, 0.15) is 20.8 Å². The molecule has 0 aromatic heterocycles. The number of nitrogens with two attached hydrogens (primary N) is 1. The number of guanidine groups is 1. The number of ether oxygens (including phenoxy) is 2. The lowest BCUT2D eigenvalue weighted by Crippen LogP contribution is -2.53. The molecule has 2 rings (SSSR count). The van der Waals surface area contributed by atoms with E-state index in [9.17, 15) is 13.6 Å². The van der Waals surface area contributed by atoms with Crippen LogP contribution in [0, 0.1) is 11.6 Å². The normalized spacial score (nSPS) is 15.1. The summed E-state index contributed by atoms with van der Waals surface area (Å²) < 4.78 is 36.9. The zero-order valence-electron chi connectivity index (χ0n) is 16.3. The lowest BCUT2D eigenvalue weighted by molar-refractivity contribution is 0.0186. The Morgan fingerprint density at radius 1 is 1.18 bits per heavy atom. The zero-order valence-corrected chi connectivity index (χ0v) is 18.6. The fourth-order valence-corrected chi connectivity index (χ4v) is 2.45. The van der Waals surface area contributed by atoms with E-state index in [0.717, 1.165) is 12.1 Å². The molecule has 1 aliphatic heterocycles. The Kier molecular flexibility index (Phi) is 9.18. The topological polar surface area (TPSA) is 80.4 Å². The molecule has 10 heteroatoms. The maximum absolute atomic E-state index is 13.5. The fourth-order valence-electron chi connectivity index (χ4n) is 2.45. The number of amides is 1. The number of aliphatic imine (C=N–C) groups is 1. The van der Waals surface area contributed by atoms with E-state index in [4.69, 9.17) is 15.2 Å². The Bertz CT molecular complexity index is 690. The van der Waals surface area contributed by atoms with Crippen LogP contribution in [0.15, 0.2) is 23.2 Å². The molecule has 1 aliphatic rings. The SMILES string of the molecule is CC(C)(C)OC(=O)N1CCN(C(N)=NCCOc2ccc(F)cc2F)CC1.I. The monoisotopic (exact) mass is 512 g/mol. The van der Waals surface area contributed by atoms with Crippen molar-refractivity contribution >= 4 is 36.0 Å². The van der Waals surface area contributed by atoms with Gasteiger partial charge in [-0.1, -0.05) is 0 Å². The first kappa shape index (κ1) is 24.2. The third kappa shape index (κ3) is 7.64. The Labute approximate surface area is 180 Å². The number of halogens is 3. The summed E-state index contributed by atoms with van der Waals surface area (Å²) in [6.45, 7) is 7.88. The maximum Gasteiger partial charge on any atom is 0.410 e. The van der Waals surface area contributed by atoms with Gasteiger partial charge in [-0.05, 0) is 32.9 Å². The predicted molar refractivity (Wildman–Crippen MR) is 113 cm³/mol. The van der Waals surface area contributed by atoms with Crippen LogP contribution < -0.4 is 10.5 Å². The quantitative estimate of drug-likeness (QED) is 0.291. The van der Waals surface area contributed by atoms with Crippen LogP contribution in [0.25, 0.3) is 0 Å². The van der Waals surface area contributed by atoms with Gasteiger partial charge in [-0.15, -0.1) is 24.0 Å². The summed E-state index contributed by atoms with van der Waals surface area (Å²) in [6, 6.07) is 3.12. The molecule has 7 nitrogen and oxygen atoms in total. The molecule has 0 radical (unpaired) electrons. The molecule has 0 unspecified atom stereocenters. The van der Waals surface area contributed by atoms with E-state index in [1.54, 1.807) is 4.90 Å². The summed E-state index contributed by atoms with van der Waals surface area (Å²) in [5.74, 6) is -1.11. The van der Waals surface area contributed by atoms with Crippen LogP contribution in [0.3, 0.4) is 0 Å². The van der Waals surface area contributed by atoms with Gasteiger partial charge < -0.3 is 25.0 Å². The minimum Gasteiger partial charge on any atom is -0.489 e. The molecule has 1 amide bonds. The van der Waals surface area contributed by atoms with Crippen LogP contribution in [0.2, 0.25) is 0 Å². The average molecular weight is 512 g/mol. The van der Waals surface area contributed by atoms with Gasteiger partial charge in [0.15, 0.2) is 17.5 Å². The summed E-state index contributed by atoms with van der Waals surface area (Å²) in [6.07, 6.45) is -0.340. The number of carbonyl (C=O) groups excluding carboxylic acids is 1. The highest BCUT2D eigenvalue weighted by Gasteiger charge is 2.26. The second-order valence-electron chi connectivity index (χ2n) is 7.12. The number of hydrogen-bond acceptors (Lipinski definition) is 4. The largest absolute Gasteiger partial charge is 0.489 e.